The summed E-state index contributed by atoms with van der Waals surface area (Å²) in [5.74, 6) is -1.29. The second-order valence-corrected chi connectivity index (χ2v) is 5.75. The number of nitrogens with zero attached hydrogens (tertiary/aromatic N) is 1. The molecule has 1 amide bonds. The summed E-state index contributed by atoms with van der Waals surface area (Å²) in [5.41, 5.74) is 3.06. The van der Waals surface area contributed by atoms with Crippen molar-refractivity contribution in [3.8, 4) is 0 Å². The lowest BCUT2D eigenvalue weighted by molar-refractivity contribution is -0.384. The molecule has 0 aromatic heterocycles. The molecule has 0 fully saturated rings. The molecule has 0 aliphatic rings. The Labute approximate surface area is 144 Å². The molecule has 7 nitrogen and oxygen atoms in total. The van der Waals surface area contributed by atoms with Crippen LogP contribution in [0.15, 0.2) is 30.3 Å². The van der Waals surface area contributed by atoms with Crippen molar-refractivity contribution < 1.29 is 19.2 Å². The molecule has 1 N–H and O–H groups in total. The number of anilines is 1. The van der Waals surface area contributed by atoms with Crippen molar-refractivity contribution in [3.63, 3.8) is 0 Å². The number of hydrogen-bond donors (Lipinski definition) is 1. The number of aryl methyl sites for hydroxylation is 3. The van der Waals surface area contributed by atoms with Crippen LogP contribution >= 0.6 is 0 Å². The number of nitro groups is 1. The molecule has 7 heteroatoms. The molecule has 0 aliphatic heterocycles. The molecular formula is C18H18N2O5. The number of nitro benzene ring substituents is 1. The molecule has 2 aromatic carbocycles. The minimum atomic E-state index is -0.750. The van der Waals surface area contributed by atoms with Gasteiger partial charge in [0.15, 0.2) is 0 Å². The first-order valence-corrected chi connectivity index (χ1v) is 7.50. The first kappa shape index (κ1) is 18.1. The van der Waals surface area contributed by atoms with Gasteiger partial charge in [0, 0.05) is 23.4 Å². The van der Waals surface area contributed by atoms with Crippen molar-refractivity contribution in [3.05, 3.63) is 68.3 Å². The van der Waals surface area contributed by atoms with Crippen LogP contribution in [0.5, 0.6) is 0 Å². The number of ether oxygens (including phenoxy) is 1. The number of hydrogen-bond acceptors (Lipinski definition) is 5. The number of nitrogens with one attached hydrogen (secondary N) is 1. The molecule has 0 saturated carbocycles. The summed E-state index contributed by atoms with van der Waals surface area (Å²) in [6.07, 6.45) is 0. The molecule has 2 aromatic rings. The molecule has 25 heavy (non-hydrogen) atoms. The minimum Gasteiger partial charge on any atom is -0.465 e. The molecule has 0 heterocycles. The quantitative estimate of drug-likeness (QED) is 0.520. The largest absolute Gasteiger partial charge is 0.465 e. The second kappa shape index (κ2) is 7.12. The van der Waals surface area contributed by atoms with Gasteiger partial charge in [-0.1, -0.05) is 17.7 Å². The third kappa shape index (κ3) is 4.00. The van der Waals surface area contributed by atoms with E-state index in [9.17, 15) is 19.7 Å². The Balaban J connectivity index is 2.44. The van der Waals surface area contributed by atoms with E-state index in [1.54, 1.807) is 0 Å². The Kier molecular flexibility index (Phi) is 5.17. The van der Waals surface area contributed by atoms with E-state index in [2.05, 4.69) is 10.1 Å². The van der Waals surface area contributed by atoms with Crippen molar-refractivity contribution in [2.24, 2.45) is 0 Å². The summed E-state index contributed by atoms with van der Waals surface area (Å²) in [6, 6.07) is 7.32. The van der Waals surface area contributed by atoms with Crippen LogP contribution in [0.2, 0.25) is 0 Å². The zero-order chi connectivity index (χ0) is 18.7. The highest BCUT2D eigenvalue weighted by Crippen LogP contribution is 2.24. The second-order valence-electron chi connectivity index (χ2n) is 5.75. The van der Waals surface area contributed by atoms with Crippen molar-refractivity contribution in [1.82, 2.24) is 0 Å². The first-order valence-electron chi connectivity index (χ1n) is 7.50. The Morgan fingerprint density at radius 1 is 1.00 bits per heavy atom. The maximum Gasteiger partial charge on any atom is 0.338 e. The lowest BCUT2D eigenvalue weighted by Gasteiger charge is -2.13. The van der Waals surface area contributed by atoms with Crippen molar-refractivity contribution in [2.75, 3.05) is 12.4 Å². The topological polar surface area (TPSA) is 98.5 Å². The van der Waals surface area contributed by atoms with E-state index in [-0.39, 0.29) is 16.8 Å². The van der Waals surface area contributed by atoms with Crippen LogP contribution in [0.1, 0.15) is 37.4 Å². The van der Waals surface area contributed by atoms with E-state index < -0.39 is 16.8 Å². The molecular weight excluding hydrogens is 324 g/mol. The minimum absolute atomic E-state index is 0.00831. The number of benzene rings is 2. The van der Waals surface area contributed by atoms with Gasteiger partial charge < -0.3 is 10.1 Å². The fourth-order valence-electron chi connectivity index (χ4n) is 2.65. The SMILES string of the molecule is COC(=O)c1cc(C(=O)Nc2c(C)cc(C)cc2C)cc([N+](=O)[O-])c1. The fourth-order valence-corrected chi connectivity index (χ4v) is 2.65. The summed E-state index contributed by atoms with van der Waals surface area (Å²) in [7, 11) is 1.17. The highest BCUT2D eigenvalue weighted by Gasteiger charge is 2.19. The molecule has 130 valence electrons. The number of non-ortho nitro benzene ring substituents is 1. The van der Waals surface area contributed by atoms with Gasteiger partial charge in [-0.15, -0.1) is 0 Å². The maximum atomic E-state index is 12.6. The van der Waals surface area contributed by atoms with Crippen LogP contribution in [-0.4, -0.2) is 23.9 Å². The van der Waals surface area contributed by atoms with Crippen LogP contribution in [0.25, 0.3) is 0 Å². The average Bonchev–Trinajstić information content (AvgIpc) is 2.56. The maximum absolute atomic E-state index is 12.6. The summed E-state index contributed by atoms with van der Waals surface area (Å²) in [5, 5.41) is 13.8. The van der Waals surface area contributed by atoms with E-state index in [1.807, 2.05) is 32.9 Å². The highest BCUT2D eigenvalue weighted by molar-refractivity contribution is 6.07. The number of amides is 1. The van der Waals surface area contributed by atoms with Crippen molar-refractivity contribution in [1.29, 1.82) is 0 Å². The van der Waals surface area contributed by atoms with Gasteiger partial charge in [-0.3, -0.25) is 14.9 Å². The van der Waals surface area contributed by atoms with Gasteiger partial charge in [0.1, 0.15) is 0 Å². The van der Waals surface area contributed by atoms with Gasteiger partial charge in [0.2, 0.25) is 0 Å². The van der Waals surface area contributed by atoms with E-state index in [4.69, 9.17) is 0 Å². The number of carbonyl (C=O) groups excluding carboxylic acids is 2. The monoisotopic (exact) mass is 342 g/mol. The molecule has 0 unspecified atom stereocenters. The third-order valence-electron chi connectivity index (χ3n) is 3.73. The number of rotatable bonds is 4. The lowest BCUT2D eigenvalue weighted by atomic mass is 10.0. The van der Waals surface area contributed by atoms with Crippen LogP contribution in [-0.2, 0) is 4.74 Å². The van der Waals surface area contributed by atoms with Crippen molar-refractivity contribution >= 4 is 23.3 Å². The standard InChI is InChI=1S/C18H18N2O5/c1-10-5-11(2)16(12(3)6-10)19-17(21)13-7-14(18(22)25-4)9-15(8-13)20(23)24/h5-9H,1-4H3,(H,19,21). The third-order valence-corrected chi connectivity index (χ3v) is 3.73. The molecule has 0 atom stereocenters. The van der Waals surface area contributed by atoms with E-state index in [0.29, 0.717) is 5.69 Å². The Morgan fingerprint density at radius 3 is 2.08 bits per heavy atom. The van der Waals surface area contributed by atoms with Gasteiger partial charge in [-0.25, -0.2) is 4.79 Å². The molecule has 0 aliphatic carbocycles. The Morgan fingerprint density at radius 2 is 1.56 bits per heavy atom. The molecule has 0 spiro atoms. The summed E-state index contributed by atoms with van der Waals surface area (Å²) in [6.45, 7) is 5.68. The van der Waals surface area contributed by atoms with Gasteiger partial charge in [-0.05, 0) is 38.0 Å². The normalized spacial score (nSPS) is 10.2. The number of esters is 1. The predicted octanol–water partition coefficient (Wildman–Crippen LogP) is 3.56. The summed E-state index contributed by atoms with van der Waals surface area (Å²) < 4.78 is 4.58. The van der Waals surface area contributed by atoms with Gasteiger partial charge in [0.05, 0.1) is 17.6 Å². The van der Waals surface area contributed by atoms with Gasteiger partial charge >= 0.3 is 5.97 Å². The Bertz CT molecular complexity index is 851. The zero-order valence-electron chi connectivity index (χ0n) is 14.4. The fraction of sp³-hybridized carbons (Fsp3) is 0.222. The molecule has 0 saturated heterocycles. The van der Waals surface area contributed by atoms with E-state index in [0.717, 1.165) is 28.8 Å². The number of methoxy groups -OCH3 is 1. The van der Waals surface area contributed by atoms with Crippen molar-refractivity contribution in [2.45, 2.75) is 20.8 Å². The lowest BCUT2D eigenvalue weighted by Crippen LogP contribution is -2.15. The van der Waals surface area contributed by atoms with Crippen LogP contribution in [0.4, 0.5) is 11.4 Å². The molecule has 2 rings (SSSR count). The Hall–Kier alpha value is -3.22. The van der Waals surface area contributed by atoms with Gasteiger partial charge in [-0.2, -0.15) is 0 Å². The van der Waals surface area contributed by atoms with Crippen LogP contribution in [0, 0.1) is 30.9 Å². The van der Waals surface area contributed by atoms with E-state index >= 15 is 0 Å². The van der Waals surface area contributed by atoms with Crippen LogP contribution < -0.4 is 5.32 Å². The van der Waals surface area contributed by atoms with Crippen LogP contribution in [0.3, 0.4) is 0 Å². The zero-order valence-corrected chi connectivity index (χ0v) is 14.4. The average molecular weight is 342 g/mol. The summed E-state index contributed by atoms with van der Waals surface area (Å²) >= 11 is 0. The first-order chi connectivity index (χ1) is 11.7. The summed E-state index contributed by atoms with van der Waals surface area (Å²) in [4.78, 5) is 34.6. The molecule has 0 radical (unpaired) electrons. The highest BCUT2D eigenvalue weighted by atomic mass is 16.6. The van der Waals surface area contributed by atoms with Gasteiger partial charge in [0.25, 0.3) is 11.6 Å². The predicted molar refractivity (Wildman–Crippen MR) is 93.0 cm³/mol. The smallest absolute Gasteiger partial charge is 0.338 e. The molecule has 0 bridgehead atoms. The number of carbonyl (C=O) groups is 2. The van der Waals surface area contributed by atoms with E-state index in [1.165, 1.54) is 13.2 Å².